The molecule has 1 N–H and O–H groups in total. The Balaban J connectivity index is 1.93. The van der Waals surface area contributed by atoms with Gasteiger partial charge in [0.1, 0.15) is 17.6 Å². The van der Waals surface area contributed by atoms with Gasteiger partial charge in [-0.05, 0) is 23.8 Å². The lowest BCUT2D eigenvalue weighted by molar-refractivity contribution is -0.274. The molecular weight excluding hydrogens is 465 g/mol. The van der Waals surface area contributed by atoms with Gasteiger partial charge < -0.3 is 18.9 Å². The number of benzene rings is 2. The van der Waals surface area contributed by atoms with Crippen molar-refractivity contribution in [2.75, 3.05) is 7.11 Å². The lowest BCUT2D eigenvalue weighted by atomic mass is 9.52. The number of nitrogens with one attached hydrogen (secondary N) is 1. The Bertz CT molecular complexity index is 1290. The summed E-state index contributed by atoms with van der Waals surface area (Å²) in [6.07, 6.45) is -6.36. The van der Waals surface area contributed by atoms with Crippen LogP contribution in [-0.4, -0.2) is 25.2 Å². The van der Waals surface area contributed by atoms with Crippen molar-refractivity contribution in [1.29, 1.82) is 21.2 Å². The van der Waals surface area contributed by atoms with E-state index in [1.54, 1.807) is 24.3 Å². The molecule has 11 heteroatoms. The fourth-order valence-corrected chi connectivity index (χ4v) is 5.00. The molecule has 35 heavy (non-hydrogen) atoms. The van der Waals surface area contributed by atoms with Crippen molar-refractivity contribution >= 4 is 5.90 Å². The smallest absolute Gasteiger partial charge is 0.496 e. The maximum absolute atomic E-state index is 12.6. The molecule has 2 saturated heterocycles. The zero-order valence-corrected chi connectivity index (χ0v) is 18.4. The Hall–Kier alpha value is -4.27. The highest BCUT2D eigenvalue weighted by Gasteiger charge is 2.80. The van der Waals surface area contributed by atoms with Crippen molar-refractivity contribution in [3.63, 3.8) is 0 Å². The fourth-order valence-electron chi connectivity index (χ4n) is 5.00. The molecule has 2 heterocycles. The number of methoxy groups -OCH3 is 1. The van der Waals surface area contributed by atoms with Crippen molar-refractivity contribution in [3.8, 4) is 29.7 Å². The lowest BCUT2D eigenvalue weighted by Crippen LogP contribution is -2.57. The van der Waals surface area contributed by atoms with Gasteiger partial charge in [0, 0.05) is 12.5 Å². The third-order valence-electron chi connectivity index (χ3n) is 6.38. The normalized spacial score (nSPS) is 28.7. The van der Waals surface area contributed by atoms with Gasteiger partial charge >= 0.3 is 6.36 Å². The minimum Gasteiger partial charge on any atom is -0.496 e. The highest BCUT2D eigenvalue weighted by atomic mass is 19.4. The highest BCUT2D eigenvalue weighted by Crippen LogP contribution is 2.70. The van der Waals surface area contributed by atoms with Crippen LogP contribution >= 0.6 is 0 Å². The number of ether oxygens (including phenoxy) is 4. The van der Waals surface area contributed by atoms with Crippen LogP contribution in [0.5, 0.6) is 11.5 Å². The predicted molar refractivity (Wildman–Crippen MR) is 112 cm³/mol. The second-order valence-electron chi connectivity index (χ2n) is 8.19. The van der Waals surface area contributed by atoms with E-state index in [4.69, 9.17) is 19.6 Å². The molecule has 0 saturated carbocycles. The Morgan fingerprint density at radius 2 is 1.63 bits per heavy atom. The van der Waals surface area contributed by atoms with Gasteiger partial charge in [0.05, 0.1) is 31.2 Å². The average molecular weight is 482 g/mol. The SMILES string of the molecule is COc1ccccc1C1C2(C)OC(=N)C1(C#N)C(C#N)(C#N)C(c1ccc(OC(F)(F)F)cc1)O2. The zero-order chi connectivity index (χ0) is 25.6. The van der Waals surface area contributed by atoms with Crippen LogP contribution in [0, 0.1) is 50.2 Å². The number of nitrogens with zero attached hydrogens (tertiary/aromatic N) is 3. The van der Waals surface area contributed by atoms with E-state index in [0.29, 0.717) is 11.3 Å². The molecule has 2 aromatic carbocycles. The number of rotatable bonds is 4. The summed E-state index contributed by atoms with van der Waals surface area (Å²) in [5.74, 6) is -3.61. The molecule has 0 aliphatic carbocycles. The summed E-state index contributed by atoms with van der Waals surface area (Å²) in [7, 11) is 1.41. The average Bonchev–Trinajstić information content (AvgIpc) is 3.01. The van der Waals surface area contributed by atoms with Crippen LogP contribution in [0.25, 0.3) is 0 Å². The first-order valence-corrected chi connectivity index (χ1v) is 10.2. The van der Waals surface area contributed by atoms with Crippen molar-refractivity contribution in [3.05, 3.63) is 59.7 Å². The van der Waals surface area contributed by atoms with E-state index in [1.807, 2.05) is 18.2 Å². The standard InChI is InChI=1S/C24H17F3N4O4/c1-21-18(16-5-3-4-6-17(16)32-2)23(13-30,20(31)35-21)22(11-28,12-29)19(34-21)14-7-9-15(10-8-14)33-24(25,26)27/h3-10,18-19,31H,1-2H3. The Morgan fingerprint density at radius 1 is 1.00 bits per heavy atom. The van der Waals surface area contributed by atoms with Gasteiger partial charge in [-0.3, -0.25) is 5.41 Å². The highest BCUT2D eigenvalue weighted by molar-refractivity contribution is 5.90. The maximum Gasteiger partial charge on any atom is 0.573 e. The lowest BCUT2D eigenvalue weighted by Gasteiger charge is -2.49. The Kier molecular flexibility index (Phi) is 5.39. The van der Waals surface area contributed by atoms with Crippen LogP contribution in [0.1, 0.15) is 30.1 Å². The first-order valence-electron chi connectivity index (χ1n) is 10.2. The van der Waals surface area contributed by atoms with E-state index >= 15 is 0 Å². The van der Waals surface area contributed by atoms with Gasteiger partial charge in [0.15, 0.2) is 5.41 Å². The summed E-state index contributed by atoms with van der Waals surface area (Å²) in [5.41, 5.74) is -3.93. The molecule has 4 atom stereocenters. The van der Waals surface area contributed by atoms with E-state index in [-0.39, 0.29) is 5.56 Å². The molecule has 4 unspecified atom stereocenters. The molecular formula is C24H17F3N4O4. The van der Waals surface area contributed by atoms with E-state index in [0.717, 1.165) is 12.1 Å². The summed E-state index contributed by atoms with van der Waals surface area (Å²) in [6, 6.07) is 16.8. The molecule has 2 fully saturated rings. The predicted octanol–water partition coefficient (Wildman–Crippen LogP) is 4.72. The van der Waals surface area contributed by atoms with Crippen LogP contribution in [0.4, 0.5) is 13.2 Å². The minimum absolute atomic E-state index is 0.130. The first-order chi connectivity index (χ1) is 16.5. The van der Waals surface area contributed by atoms with Gasteiger partial charge in [0.2, 0.25) is 17.1 Å². The number of fused-ring (bicyclic) bond motifs is 2. The number of nitriles is 3. The number of alkyl halides is 3. The van der Waals surface area contributed by atoms with E-state index < -0.39 is 46.6 Å². The van der Waals surface area contributed by atoms with Crippen molar-refractivity contribution in [1.82, 2.24) is 0 Å². The number of para-hydroxylation sites is 1. The van der Waals surface area contributed by atoms with Gasteiger partial charge in [-0.1, -0.05) is 30.3 Å². The maximum atomic E-state index is 12.6. The Labute approximate surface area is 198 Å². The molecule has 2 aliphatic rings. The van der Waals surface area contributed by atoms with Gasteiger partial charge in [-0.2, -0.15) is 15.8 Å². The van der Waals surface area contributed by atoms with Crippen LogP contribution < -0.4 is 9.47 Å². The van der Waals surface area contributed by atoms with E-state index in [1.165, 1.54) is 26.2 Å². The number of hydrogen-bond acceptors (Lipinski definition) is 8. The minimum atomic E-state index is -4.91. The second kappa shape index (κ2) is 7.90. The van der Waals surface area contributed by atoms with Gasteiger partial charge in [0.25, 0.3) is 0 Å². The molecule has 2 bridgehead atoms. The van der Waals surface area contributed by atoms with Crippen molar-refractivity contribution in [2.45, 2.75) is 31.1 Å². The molecule has 4 rings (SSSR count). The van der Waals surface area contributed by atoms with E-state index in [2.05, 4.69) is 4.74 Å². The first kappa shape index (κ1) is 23.9. The topological polar surface area (TPSA) is 132 Å². The van der Waals surface area contributed by atoms with E-state index in [9.17, 15) is 29.0 Å². The molecule has 178 valence electrons. The molecule has 0 spiro atoms. The van der Waals surface area contributed by atoms with Crippen molar-refractivity contribution in [2.24, 2.45) is 10.8 Å². The summed E-state index contributed by atoms with van der Waals surface area (Å²) in [6.45, 7) is 1.48. The monoisotopic (exact) mass is 482 g/mol. The third-order valence-corrected chi connectivity index (χ3v) is 6.38. The molecule has 8 nitrogen and oxygen atoms in total. The van der Waals surface area contributed by atoms with Gasteiger partial charge in [-0.25, -0.2) is 0 Å². The third kappa shape index (κ3) is 3.26. The molecule has 0 radical (unpaired) electrons. The van der Waals surface area contributed by atoms with Crippen molar-refractivity contribution < 1.29 is 32.1 Å². The van der Waals surface area contributed by atoms with Gasteiger partial charge in [-0.15, -0.1) is 13.2 Å². The largest absolute Gasteiger partial charge is 0.573 e. The number of halogens is 3. The summed E-state index contributed by atoms with van der Waals surface area (Å²) in [4.78, 5) is 0. The summed E-state index contributed by atoms with van der Waals surface area (Å²) >= 11 is 0. The Morgan fingerprint density at radius 3 is 2.17 bits per heavy atom. The zero-order valence-electron chi connectivity index (χ0n) is 18.4. The number of hydrogen-bond donors (Lipinski definition) is 1. The van der Waals surface area contributed by atoms with Crippen LogP contribution in [0.2, 0.25) is 0 Å². The second-order valence-corrected chi connectivity index (χ2v) is 8.19. The summed E-state index contributed by atoms with van der Waals surface area (Å²) < 4.78 is 59.0. The fraction of sp³-hybridized carbons (Fsp3) is 0.333. The molecule has 2 aromatic rings. The van der Waals surface area contributed by atoms with Crippen LogP contribution in [-0.2, 0) is 9.47 Å². The molecule has 0 amide bonds. The quantitative estimate of drug-likeness (QED) is 0.667. The van der Waals surface area contributed by atoms with Crippen LogP contribution in [0.15, 0.2) is 48.5 Å². The van der Waals surface area contributed by atoms with Crippen LogP contribution in [0.3, 0.4) is 0 Å². The molecule has 2 aliphatic heterocycles. The summed E-state index contributed by atoms with van der Waals surface area (Å²) in [5, 5.41) is 39.7. The molecule has 0 aromatic heterocycles.